The van der Waals surface area contributed by atoms with Gasteiger partial charge in [-0.2, -0.15) is 5.10 Å². The standard InChI is InChI=1S/C22H24BrN3OS/c1-3-4-9-20-21(27)26(15-18-8-6-5-7-16(18)2)22(28-20)25-24-14-17-10-12-19(23)13-11-17/h5-8,10-14,20H,3-4,9,15H2,1-2H3/b24-14+,25-22-. The van der Waals surface area contributed by atoms with E-state index in [1.807, 2.05) is 36.4 Å². The number of amides is 1. The van der Waals surface area contributed by atoms with Crippen LogP contribution in [0.15, 0.2) is 63.2 Å². The number of halogens is 1. The van der Waals surface area contributed by atoms with Crippen molar-refractivity contribution in [2.45, 2.75) is 44.9 Å². The highest BCUT2D eigenvalue weighted by molar-refractivity contribution is 9.10. The summed E-state index contributed by atoms with van der Waals surface area (Å²) >= 11 is 4.96. The first-order valence-electron chi connectivity index (χ1n) is 9.47. The van der Waals surface area contributed by atoms with Crippen LogP contribution in [0.5, 0.6) is 0 Å². The molecule has 1 fully saturated rings. The van der Waals surface area contributed by atoms with Gasteiger partial charge in [-0.25, -0.2) is 0 Å². The number of unbranched alkanes of at least 4 members (excludes halogenated alkanes) is 1. The number of carbonyl (C=O) groups excluding carboxylic acids is 1. The number of amidine groups is 1. The molecule has 1 unspecified atom stereocenters. The monoisotopic (exact) mass is 457 g/mol. The quantitative estimate of drug-likeness (QED) is 0.390. The van der Waals surface area contributed by atoms with E-state index in [9.17, 15) is 4.79 Å². The van der Waals surface area contributed by atoms with Crippen molar-refractivity contribution >= 4 is 45.0 Å². The van der Waals surface area contributed by atoms with Gasteiger partial charge in [0.2, 0.25) is 5.91 Å². The van der Waals surface area contributed by atoms with Crippen LogP contribution in [0, 0.1) is 6.92 Å². The number of hydrogen-bond donors (Lipinski definition) is 0. The Morgan fingerprint density at radius 1 is 1.18 bits per heavy atom. The molecule has 1 heterocycles. The minimum atomic E-state index is -0.0643. The predicted octanol–water partition coefficient (Wildman–Crippen LogP) is 5.78. The summed E-state index contributed by atoms with van der Waals surface area (Å²) in [5.74, 6) is 0.138. The highest BCUT2D eigenvalue weighted by Gasteiger charge is 2.37. The molecule has 3 rings (SSSR count). The smallest absolute Gasteiger partial charge is 0.242 e. The van der Waals surface area contributed by atoms with E-state index in [0.29, 0.717) is 11.7 Å². The number of aryl methyl sites for hydroxylation is 1. The van der Waals surface area contributed by atoms with Crippen LogP contribution in [0.25, 0.3) is 0 Å². The Bertz CT molecular complexity index is 880. The molecule has 0 bridgehead atoms. The lowest BCUT2D eigenvalue weighted by molar-refractivity contribution is -0.126. The molecule has 4 nitrogen and oxygen atoms in total. The molecule has 28 heavy (non-hydrogen) atoms. The van der Waals surface area contributed by atoms with Crippen molar-refractivity contribution in [2.24, 2.45) is 10.2 Å². The van der Waals surface area contributed by atoms with Crippen LogP contribution < -0.4 is 0 Å². The van der Waals surface area contributed by atoms with Crippen molar-refractivity contribution in [1.82, 2.24) is 4.90 Å². The Balaban J connectivity index is 1.81. The predicted molar refractivity (Wildman–Crippen MR) is 122 cm³/mol. The van der Waals surface area contributed by atoms with Crippen molar-refractivity contribution in [3.63, 3.8) is 0 Å². The van der Waals surface area contributed by atoms with Gasteiger partial charge in [-0.1, -0.05) is 83.9 Å². The Hall–Kier alpha value is -1.92. The lowest BCUT2D eigenvalue weighted by Crippen LogP contribution is -2.31. The van der Waals surface area contributed by atoms with E-state index in [2.05, 4.69) is 52.1 Å². The fraction of sp³-hybridized carbons (Fsp3) is 0.318. The summed E-state index contributed by atoms with van der Waals surface area (Å²) in [6.45, 7) is 4.75. The van der Waals surface area contributed by atoms with Crippen LogP contribution in [-0.4, -0.2) is 27.4 Å². The summed E-state index contributed by atoms with van der Waals surface area (Å²) in [6, 6.07) is 16.0. The summed E-state index contributed by atoms with van der Waals surface area (Å²) in [5.41, 5.74) is 3.28. The summed E-state index contributed by atoms with van der Waals surface area (Å²) in [5, 5.41) is 9.27. The van der Waals surface area contributed by atoms with Crippen molar-refractivity contribution < 1.29 is 4.79 Å². The van der Waals surface area contributed by atoms with Gasteiger partial charge in [0.05, 0.1) is 18.0 Å². The zero-order chi connectivity index (χ0) is 19.9. The van der Waals surface area contributed by atoms with Crippen LogP contribution in [0.4, 0.5) is 0 Å². The third-order valence-electron chi connectivity index (χ3n) is 4.65. The Labute approximate surface area is 179 Å². The first-order chi connectivity index (χ1) is 13.6. The number of carbonyl (C=O) groups is 1. The average Bonchev–Trinajstić information content (AvgIpc) is 2.98. The number of rotatable bonds is 7. The molecule has 6 heteroatoms. The number of hydrogen-bond acceptors (Lipinski definition) is 4. The summed E-state index contributed by atoms with van der Waals surface area (Å²) in [7, 11) is 0. The van der Waals surface area contributed by atoms with Crippen molar-refractivity contribution in [1.29, 1.82) is 0 Å². The van der Waals surface area contributed by atoms with Gasteiger partial charge in [-0.05, 0) is 42.2 Å². The third-order valence-corrected chi connectivity index (χ3v) is 6.41. The molecule has 2 aromatic carbocycles. The van der Waals surface area contributed by atoms with E-state index in [1.54, 1.807) is 11.1 Å². The zero-order valence-electron chi connectivity index (χ0n) is 16.1. The van der Waals surface area contributed by atoms with Crippen LogP contribution in [-0.2, 0) is 11.3 Å². The van der Waals surface area contributed by atoms with Gasteiger partial charge < -0.3 is 0 Å². The van der Waals surface area contributed by atoms with Crippen LogP contribution in [0.2, 0.25) is 0 Å². The number of thioether (sulfide) groups is 1. The van der Waals surface area contributed by atoms with Crippen molar-refractivity contribution in [3.05, 3.63) is 69.7 Å². The molecule has 0 radical (unpaired) electrons. The van der Waals surface area contributed by atoms with Gasteiger partial charge >= 0.3 is 0 Å². The molecule has 2 aromatic rings. The van der Waals surface area contributed by atoms with E-state index in [0.717, 1.165) is 34.9 Å². The largest absolute Gasteiger partial charge is 0.284 e. The molecule has 0 spiro atoms. The van der Waals surface area contributed by atoms with Gasteiger partial charge in [0.25, 0.3) is 0 Å². The highest BCUT2D eigenvalue weighted by atomic mass is 79.9. The molecule has 146 valence electrons. The Kier molecular flexibility index (Phi) is 7.45. The SMILES string of the molecule is CCCCC1S/C(=N\N=C\c2ccc(Br)cc2)N(Cc2ccccc2C)C1=O. The molecular formula is C22H24BrN3OS. The second-order valence-electron chi connectivity index (χ2n) is 6.78. The molecule has 1 amide bonds. The van der Waals surface area contributed by atoms with E-state index in [4.69, 9.17) is 0 Å². The molecule has 0 aromatic heterocycles. The molecule has 0 N–H and O–H groups in total. The lowest BCUT2D eigenvalue weighted by Gasteiger charge is -2.17. The minimum absolute atomic E-state index is 0.0643. The molecular weight excluding hydrogens is 434 g/mol. The maximum Gasteiger partial charge on any atom is 0.242 e. The van der Waals surface area contributed by atoms with E-state index in [1.165, 1.54) is 17.3 Å². The first kappa shape index (κ1) is 20.8. The van der Waals surface area contributed by atoms with Crippen LogP contribution >= 0.6 is 27.7 Å². The maximum absolute atomic E-state index is 13.0. The molecule has 1 atom stereocenters. The maximum atomic E-state index is 13.0. The summed E-state index contributed by atoms with van der Waals surface area (Å²) < 4.78 is 1.02. The fourth-order valence-corrected chi connectivity index (χ4v) is 4.36. The zero-order valence-corrected chi connectivity index (χ0v) is 18.5. The Morgan fingerprint density at radius 3 is 2.64 bits per heavy atom. The molecule has 1 saturated heterocycles. The normalized spacial score (nSPS) is 18.5. The molecule has 1 aliphatic rings. The lowest BCUT2D eigenvalue weighted by atomic mass is 10.1. The van der Waals surface area contributed by atoms with Crippen LogP contribution in [0.1, 0.15) is 42.9 Å². The average molecular weight is 458 g/mol. The number of benzene rings is 2. The van der Waals surface area contributed by atoms with Gasteiger partial charge in [0.15, 0.2) is 5.17 Å². The van der Waals surface area contributed by atoms with Gasteiger partial charge in [-0.15, -0.1) is 5.10 Å². The van der Waals surface area contributed by atoms with Crippen molar-refractivity contribution in [3.8, 4) is 0 Å². The van der Waals surface area contributed by atoms with Gasteiger partial charge in [0.1, 0.15) is 0 Å². The Morgan fingerprint density at radius 2 is 1.93 bits per heavy atom. The summed E-state index contributed by atoms with van der Waals surface area (Å²) in [6.07, 6.45) is 4.71. The summed E-state index contributed by atoms with van der Waals surface area (Å²) in [4.78, 5) is 14.8. The molecule has 0 saturated carbocycles. The molecule has 0 aliphatic carbocycles. The van der Waals surface area contributed by atoms with Gasteiger partial charge in [-0.3, -0.25) is 9.69 Å². The third kappa shape index (κ3) is 5.32. The van der Waals surface area contributed by atoms with E-state index in [-0.39, 0.29) is 11.2 Å². The highest BCUT2D eigenvalue weighted by Crippen LogP contribution is 2.32. The second kappa shape index (κ2) is 10.0. The molecule has 1 aliphatic heterocycles. The first-order valence-corrected chi connectivity index (χ1v) is 11.1. The van der Waals surface area contributed by atoms with E-state index >= 15 is 0 Å². The minimum Gasteiger partial charge on any atom is -0.284 e. The fourth-order valence-electron chi connectivity index (χ4n) is 2.96. The second-order valence-corrected chi connectivity index (χ2v) is 8.86. The number of nitrogens with zero attached hydrogens (tertiary/aromatic N) is 3. The van der Waals surface area contributed by atoms with Gasteiger partial charge in [0, 0.05) is 4.47 Å². The topological polar surface area (TPSA) is 45.0 Å². The van der Waals surface area contributed by atoms with Crippen molar-refractivity contribution in [2.75, 3.05) is 0 Å². The van der Waals surface area contributed by atoms with E-state index < -0.39 is 0 Å². The van der Waals surface area contributed by atoms with Crippen LogP contribution in [0.3, 0.4) is 0 Å².